The first-order valence-corrected chi connectivity index (χ1v) is 7.42. The van der Waals surface area contributed by atoms with Crippen molar-refractivity contribution < 1.29 is 19.1 Å². The molecular formula is C17H22O4. The van der Waals surface area contributed by atoms with Crippen molar-refractivity contribution in [3.63, 3.8) is 0 Å². The number of carbonyl (C=O) groups excluding carboxylic acids is 2. The first-order chi connectivity index (χ1) is 10.2. The number of rotatable bonds is 6. The van der Waals surface area contributed by atoms with Gasteiger partial charge in [0.05, 0.1) is 11.8 Å². The highest BCUT2D eigenvalue weighted by Crippen LogP contribution is 2.44. The van der Waals surface area contributed by atoms with Gasteiger partial charge in [-0.05, 0) is 24.7 Å². The van der Waals surface area contributed by atoms with Crippen LogP contribution in [0, 0.1) is 23.7 Å². The van der Waals surface area contributed by atoms with Gasteiger partial charge in [0.25, 0.3) is 0 Å². The van der Waals surface area contributed by atoms with E-state index in [1.54, 1.807) is 0 Å². The molecule has 2 bridgehead atoms. The molecule has 0 amide bonds. The van der Waals surface area contributed by atoms with Crippen LogP contribution in [0.1, 0.15) is 19.3 Å². The fraction of sp³-hybridized carbons (Fsp3) is 0.529. The molecule has 0 N–H and O–H groups in total. The zero-order chi connectivity index (χ0) is 15.2. The molecular weight excluding hydrogens is 268 g/mol. The summed E-state index contributed by atoms with van der Waals surface area (Å²) in [5.41, 5.74) is 0. The third-order valence-electron chi connectivity index (χ3n) is 4.22. The van der Waals surface area contributed by atoms with Crippen LogP contribution in [0.15, 0.2) is 37.5 Å². The fourth-order valence-electron chi connectivity index (χ4n) is 3.32. The summed E-state index contributed by atoms with van der Waals surface area (Å²) in [6.45, 7) is 7.43. The van der Waals surface area contributed by atoms with E-state index >= 15 is 0 Å². The summed E-state index contributed by atoms with van der Waals surface area (Å²) in [6.07, 6.45) is 10.0. The van der Waals surface area contributed by atoms with Gasteiger partial charge in [-0.3, -0.25) is 9.59 Å². The van der Waals surface area contributed by atoms with Crippen LogP contribution < -0.4 is 0 Å². The molecule has 0 aliphatic heterocycles. The van der Waals surface area contributed by atoms with Crippen LogP contribution in [-0.2, 0) is 19.1 Å². The van der Waals surface area contributed by atoms with Gasteiger partial charge in [0.15, 0.2) is 0 Å². The van der Waals surface area contributed by atoms with E-state index in [1.165, 1.54) is 12.2 Å². The lowest BCUT2D eigenvalue weighted by atomic mass is 9.71. The molecule has 0 spiro atoms. The Morgan fingerprint density at radius 1 is 0.952 bits per heavy atom. The third-order valence-corrected chi connectivity index (χ3v) is 4.22. The van der Waals surface area contributed by atoms with Crippen molar-refractivity contribution in [1.29, 1.82) is 0 Å². The first-order valence-electron chi connectivity index (χ1n) is 7.42. The van der Waals surface area contributed by atoms with Crippen LogP contribution in [0.2, 0.25) is 0 Å². The molecule has 0 aromatic rings. The average Bonchev–Trinajstić information content (AvgIpc) is 2.83. The lowest BCUT2D eigenvalue weighted by Crippen LogP contribution is -2.41. The molecule has 3 aliphatic rings. The van der Waals surface area contributed by atoms with Crippen LogP contribution in [0.3, 0.4) is 0 Å². The van der Waals surface area contributed by atoms with Crippen molar-refractivity contribution >= 4 is 11.9 Å². The lowest BCUT2D eigenvalue weighted by molar-refractivity contribution is -0.163. The molecule has 3 aliphatic carbocycles. The van der Waals surface area contributed by atoms with E-state index < -0.39 is 11.8 Å². The fourth-order valence-corrected chi connectivity index (χ4v) is 3.32. The van der Waals surface area contributed by atoms with Crippen molar-refractivity contribution in [3.8, 4) is 0 Å². The monoisotopic (exact) mass is 290 g/mol. The lowest BCUT2D eigenvalue weighted by Gasteiger charge is -2.33. The predicted octanol–water partition coefficient (Wildman–Crippen LogP) is 2.66. The Bertz CT molecular complexity index is 412. The summed E-state index contributed by atoms with van der Waals surface area (Å²) < 4.78 is 10.4. The summed E-state index contributed by atoms with van der Waals surface area (Å²) in [5, 5.41) is 0. The summed E-state index contributed by atoms with van der Waals surface area (Å²) in [7, 11) is 0. The van der Waals surface area contributed by atoms with Crippen LogP contribution in [-0.4, -0.2) is 25.2 Å². The Labute approximate surface area is 125 Å². The predicted molar refractivity (Wildman–Crippen MR) is 79.3 cm³/mol. The van der Waals surface area contributed by atoms with E-state index in [-0.39, 0.29) is 37.0 Å². The van der Waals surface area contributed by atoms with Gasteiger partial charge in [-0.15, -0.1) is 0 Å². The van der Waals surface area contributed by atoms with Crippen LogP contribution in [0.25, 0.3) is 0 Å². The van der Waals surface area contributed by atoms with E-state index in [0.717, 1.165) is 19.3 Å². The summed E-state index contributed by atoms with van der Waals surface area (Å²) in [5.74, 6) is -1.42. The number of ether oxygens (including phenoxy) is 2. The molecule has 0 radical (unpaired) electrons. The Hall–Kier alpha value is -1.84. The Morgan fingerprint density at radius 3 is 1.76 bits per heavy atom. The molecule has 4 heteroatoms. The van der Waals surface area contributed by atoms with Gasteiger partial charge in [0.1, 0.15) is 13.2 Å². The first kappa shape index (κ1) is 15.5. The molecule has 0 aromatic heterocycles. The molecule has 4 nitrogen and oxygen atoms in total. The maximum atomic E-state index is 12.4. The SMILES string of the molecule is C=CCOC(=O)C1C2C=CC(CCC2)C1C(=O)OCC=C. The van der Waals surface area contributed by atoms with Gasteiger partial charge in [-0.25, -0.2) is 0 Å². The standard InChI is InChI=1S/C17H22O4/c1-3-10-20-16(18)14-12-6-5-7-13(9-8-12)15(14)17(19)21-11-4-2/h3-4,8-9,12-15H,1-2,5-7,10-11H2. The van der Waals surface area contributed by atoms with Crippen LogP contribution in [0.4, 0.5) is 0 Å². The minimum Gasteiger partial charge on any atom is -0.461 e. The second-order valence-electron chi connectivity index (χ2n) is 5.53. The molecule has 1 saturated carbocycles. The van der Waals surface area contributed by atoms with E-state index in [9.17, 15) is 9.59 Å². The van der Waals surface area contributed by atoms with Gasteiger partial charge in [0, 0.05) is 0 Å². The number of esters is 2. The van der Waals surface area contributed by atoms with Gasteiger partial charge in [0.2, 0.25) is 0 Å². The largest absolute Gasteiger partial charge is 0.461 e. The minimum atomic E-state index is -0.445. The average molecular weight is 290 g/mol. The van der Waals surface area contributed by atoms with Crippen molar-refractivity contribution in [1.82, 2.24) is 0 Å². The molecule has 4 atom stereocenters. The van der Waals surface area contributed by atoms with Crippen LogP contribution >= 0.6 is 0 Å². The van der Waals surface area contributed by atoms with E-state index in [1.807, 2.05) is 0 Å². The topological polar surface area (TPSA) is 52.6 Å². The number of carbonyl (C=O) groups is 2. The molecule has 4 unspecified atom stereocenters. The molecule has 3 rings (SSSR count). The van der Waals surface area contributed by atoms with Crippen molar-refractivity contribution in [2.24, 2.45) is 23.7 Å². The number of hydrogen-bond acceptors (Lipinski definition) is 4. The Kier molecular flexibility index (Phi) is 5.37. The number of allylic oxidation sites excluding steroid dienone is 2. The minimum absolute atomic E-state index is 0.0577. The van der Waals surface area contributed by atoms with Gasteiger partial charge in [-0.1, -0.05) is 43.9 Å². The highest BCUT2D eigenvalue weighted by atomic mass is 16.5. The van der Waals surface area contributed by atoms with Crippen molar-refractivity contribution in [2.45, 2.75) is 19.3 Å². The molecule has 0 heterocycles. The second kappa shape index (κ2) is 7.25. The van der Waals surface area contributed by atoms with Gasteiger partial charge >= 0.3 is 11.9 Å². The number of fused-ring (bicyclic) bond motifs is 3. The van der Waals surface area contributed by atoms with E-state index in [4.69, 9.17) is 9.47 Å². The maximum Gasteiger partial charge on any atom is 0.310 e. The second-order valence-corrected chi connectivity index (χ2v) is 5.53. The van der Waals surface area contributed by atoms with Gasteiger partial charge in [-0.2, -0.15) is 0 Å². The maximum absolute atomic E-state index is 12.4. The van der Waals surface area contributed by atoms with E-state index in [0.29, 0.717) is 0 Å². The van der Waals surface area contributed by atoms with Crippen molar-refractivity contribution in [2.75, 3.05) is 13.2 Å². The van der Waals surface area contributed by atoms with Gasteiger partial charge < -0.3 is 9.47 Å². The molecule has 21 heavy (non-hydrogen) atoms. The van der Waals surface area contributed by atoms with Crippen molar-refractivity contribution in [3.05, 3.63) is 37.5 Å². The normalized spacial score (nSPS) is 30.3. The zero-order valence-corrected chi connectivity index (χ0v) is 12.2. The molecule has 0 aromatic carbocycles. The highest BCUT2D eigenvalue weighted by molar-refractivity contribution is 5.83. The molecule has 1 fully saturated rings. The summed E-state index contributed by atoms with van der Waals surface area (Å²) in [4.78, 5) is 24.7. The number of hydrogen-bond donors (Lipinski definition) is 0. The molecule has 114 valence electrons. The third kappa shape index (κ3) is 3.43. The van der Waals surface area contributed by atoms with Crippen LogP contribution in [0.5, 0.6) is 0 Å². The smallest absolute Gasteiger partial charge is 0.310 e. The summed E-state index contributed by atoms with van der Waals surface area (Å²) >= 11 is 0. The van der Waals surface area contributed by atoms with E-state index in [2.05, 4.69) is 25.3 Å². The summed E-state index contributed by atoms with van der Waals surface area (Å²) in [6, 6.07) is 0. The molecule has 0 saturated heterocycles. The Balaban J connectivity index is 2.21. The Morgan fingerprint density at radius 2 is 1.38 bits per heavy atom. The zero-order valence-electron chi connectivity index (χ0n) is 12.2. The highest BCUT2D eigenvalue weighted by Gasteiger charge is 2.47. The quantitative estimate of drug-likeness (QED) is 0.557.